The molecule has 0 aliphatic carbocycles. The van der Waals surface area contributed by atoms with E-state index in [1.54, 1.807) is 67.6 Å². The van der Waals surface area contributed by atoms with E-state index in [1.807, 2.05) is 6.92 Å². The van der Waals surface area contributed by atoms with Gasteiger partial charge in [-0.05, 0) is 43.7 Å². The van der Waals surface area contributed by atoms with E-state index < -0.39 is 28.4 Å². The lowest BCUT2D eigenvalue weighted by molar-refractivity contribution is 0.0603. The van der Waals surface area contributed by atoms with Crippen LogP contribution in [0, 0.1) is 13.8 Å². The van der Waals surface area contributed by atoms with Crippen LogP contribution in [-0.2, 0) is 14.8 Å². The third-order valence-electron chi connectivity index (χ3n) is 5.66. The minimum absolute atomic E-state index is 0.0850. The Bertz CT molecular complexity index is 1490. The zero-order valence-corrected chi connectivity index (χ0v) is 19.9. The summed E-state index contributed by atoms with van der Waals surface area (Å²) in [5, 5.41) is 0.548. The number of rotatable bonds is 6. The van der Waals surface area contributed by atoms with Crippen LogP contribution >= 0.6 is 0 Å². The van der Waals surface area contributed by atoms with Crippen LogP contribution in [0.15, 0.2) is 83.9 Å². The molecule has 1 heterocycles. The molecule has 0 amide bonds. The van der Waals surface area contributed by atoms with Crippen molar-refractivity contribution in [3.63, 3.8) is 0 Å². The molecule has 7 nitrogen and oxygen atoms in total. The average Bonchev–Trinajstić information content (AvgIpc) is 3.22. The van der Waals surface area contributed by atoms with Gasteiger partial charge in [0.2, 0.25) is 0 Å². The number of hydrogen-bond acceptors (Lipinski definition) is 5. The lowest BCUT2D eigenvalue weighted by atomic mass is 10.2. The highest BCUT2D eigenvalue weighted by atomic mass is 32.2. The molecular weight excluding hydrogens is 452 g/mol. The maximum absolute atomic E-state index is 13.7. The molecule has 0 N–H and O–H groups in total. The first-order valence-corrected chi connectivity index (χ1v) is 12.0. The molecule has 0 spiro atoms. The topological polar surface area (TPSA) is 85.7 Å². The highest BCUT2D eigenvalue weighted by molar-refractivity contribution is 7.92. The van der Waals surface area contributed by atoms with Crippen molar-refractivity contribution >= 4 is 38.5 Å². The number of aryl methyl sites for hydroxylation is 2. The summed E-state index contributed by atoms with van der Waals surface area (Å²) in [5.41, 5.74) is 2.76. The summed E-state index contributed by atoms with van der Waals surface area (Å²) >= 11 is 0. The lowest BCUT2D eigenvalue weighted by Gasteiger charge is -2.25. The second kappa shape index (κ2) is 9.15. The largest absolute Gasteiger partial charge is 0.465 e. The number of aromatic nitrogens is 1. The van der Waals surface area contributed by atoms with Crippen molar-refractivity contribution in [2.75, 3.05) is 18.0 Å². The summed E-state index contributed by atoms with van der Waals surface area (Å²) in [5.74, 6) is -1.09. The van der Waals surface area contributed by atoms with Crippen LogP contribution in [0.5, 0.6) is 0 Å². The van der Waals surface area contributed by atoms with Crippen molar-refractivity contribution in [2.45, 2.75) is 18.7 Å². The van der Waals surface area contributed by atoms with Crippen LogP contribution < -0.4 is 4.31 Å². The van der Waals surface area contributed by atoms with Crippen LogP contribution in [0.1, 0.15) is 26.3 Å². The first-order valence-electron chi connectivity index (χ1n) is 10.6. The van der Waals surface area contributed by atoms with Gasteiger partial charge in [-0.3, -0.25) is 13.7 Å². The molecule has 1 aromatic heterocycles. The second-order valence-electron chi connectivity index (χ2n) is 7.93. The third-order valence-corrected chi connectivity index (χ3v) is 7.43. The minimum atomic E-state index is -4.06. The number of carbonyl (C=O) groups is 2. The van der Waals surface area contributed by atoms with Gasteiger partial charge in [0.05, 0.1) is 28.8 Å². The molecule has 0 aliphatic rings. The van der Waals surface area contributed by atoms with Crippen LogP contribution in [0.25, 0.3) is 10.9 Å². The van der Waals surface area contributed by atoms with Gasteiger partial charge in [-0.1, -0.05) is 54.1 Å². The first kappa shape index (κ1) is 23.3. The van der Waals surface area contributed by atoms with Crippen molar-refractivity contribution in [1.82, 2.24) is 4.57 Å². The fourth-order valence-electron chi connectivity index (χ4n) is 3.84. The number of benzene rings is 3. The maximum atomic E-state index is 13.7. The Hall–Kier alpha value is -3.91. The van der Waals surface area contributed by atoms with Gasteiger partial charge in [0.1, 0.15) is 6.54 Å². The number of fused-ring (bicyclic) bond motifs is 1. The van der Waals surface area contributed by atoms with Crippen molar-refractivity contribution in [1.29, 1.82) is 0 Å². The molecule has 0 atom stereocenters. The zero-order chi connectivity index (χ0) is 24.5. The van der Waals surface area contributed by atoms with Crippen LogP contribution in [0.4, 0.5) is 5.69 Å². The monoisotopic (exact) mass is 476 g/mol. The molecule has 0 radical (unpaired) electrons. The maximum Gasteiger partial charge on any atom is 0.340 e. The van der Waals surface area contributed by atoms with E-state index in [9.17, 15) is 18.0 Å². The molecule has 0 aliphatic heterocycles. The van der Waals surface area contributed by atoms with Crippen LogP contribution in [0.3, 0.4) is 0 Å². The van der Waals surface area contributed by atoms with E-state index in [1.165, 1.54) is 30.0 Å². The number of nitrogens with zero attached hydrogens (tertiary/aromatic N) is 2. The number of ether oxygens (including phenoxy) is 1. The first-order chi connectivity index (χ1) is 16.2. The van der Waals surface area contributed by atoms with Gasteiger partial charge in [-0.15, -0.1) is 0 Å². The molecule has 4 aromatic rings. The van der Waals surface area contributed by atoms with Crippen LogP contribution in [-0.4, -0.2) is 38.5 Å². The molecule has 0 bridgehead atoms. The Labute approximate surface area is 198 Å². The number of hydrogen-bond donors (Lipinski definition) is 0. The highest BCUT2D eigenvalue weighted by Gasteiger charge is 2.29. The quantitative estimate of drug-likeness (QED) is 0.380. The summed E-state index contributed by atoms with van der Waals surface area (Å²) in [4.78, 5) is 25.9. The zero-order valence-electron chi connectivity index (χ0n) is 19.1. The van der Waals surface area contributed by atoms with Gasteiger partial charge in [-0.2, -0.15) is 0 Å². The second-order valence-corrected chi connectivity index (χ2v) is 9.79. The molecule has 4 rings (SSSR count). The van der Waals surface area contributed by atoms with Crippen molar-refractivity contribution in [3.05, 3.63) is 95.7 Å². The molecule has 34 heavy (non-hydrogen) atoms. The van der Waals surface area contributed by atoms with Gasteiger partial charge >= 0.3 is 5.97 Å². The summed E-state index contributed by atoms with van der Waals surface area (Å²) in [6.07, 6.45) is 1.40. The third kappa shape index (κ3) is 4.20. The summed E-state index contributed by atoms with van der Waals surface area (Å²) in [6.45, 7) is 3.20. The number of carbonyl (C=O) groups excluding carboxylic acids is 2. The smallest absolute Gasteiger partial charge is 0.340 e. The number of anilines is 1. The van der Waals surface area contributed by atoms with Crippen molar-refractivity contribution < 1.29 is 22.7 Å². The van der Waals surface area contributed by atoms with E-state index in [-0.39, 0.29) is 10.5 Å². The van der Waals surface area contributed by atoms with E-state index in [4.69, 9.17) is 4.74 Å². The van der Waals surface area contributed by atoms with E-state index in [0.29, 0.717) is 22.2 Å². The van der Waals surface area contributed by atoms with Gasteiger partial charge < -0.3 is 4.74 Å². The average molecular weight is 477 g/mol. The standard InChI is InChI=1S/C26H24N2O5S/c1-18-12-14-20(15-13-18)34(31,32)28(23-10-6-4-8-19(23)2)17-25(29)27-16-22(26(30)33-3)21-9-5-7-11-24(21)27/h4-16H,17H2,1-3H3. The molecule has 174 valence electrons. The highest BCUT2D eigenvalue weighted by Crippen LogP contribution is 2.28. The summed E-state index contributed by atoms with van der Waals surface area (Å²) in [6, 6.07) is 20.4. The minimum Gasteiger partial charge on any atom is -0.465 e. The molecule has 0 fully saturated rings. The number of methoxy groups -OCH3 is 1. The lowest BCUT2D eigenvalue weighted by Crippen LogP contribution is -2.38. The summed E-state index contributed by atoms with van der Waals surface area (Å²) < 4.78 is 34.6. The predicted octanol–water partition coefficient (Wildman–Crippen LogP) is 4.58. The van der Waals surface area contributed by atoms with Crippen LogP contribution in [0.2, 0.25) is 0 Å². The fraction of sp³-hybridized carbons (Fsp3) is 0.154. The Morgan fingerprint density at radius 3 is 2.24 bits per heavy atom. The van der Waals surface area contributed by atoms with Crippen molar-refractivity contribution in [2.24, 2.45) is 0 Å². The predicted molar refractivity (Wildman–Crippen MR) is 131 cm³/mol. The van der Waals surface area contributed by atoms with Crippen molar-refractivity contribution in [3.8, 4) is 0 Å². The normalized spacial score (nSPS) is 11.4. The molecule has 3 aromatic carbocycles. The van der Waals surface area contributed by atoms with Gasteiger partial charge in [0.15, 0.2) is 0 Å². The van der Waals surface area contributed by atoms with E-state index in [2.05, 4.69) is 0 Å². The number of para-hydroxylation sites is 2. The van der Waals surface area contributed by atoms with Gasteiger partial charge in [-0.25, -0.2) is 13.2 Å². The Morgan fingerprint density at radius 2 is 1.56 bits per heavy atom. The molecule has 0 saturated carbocycles. The van der Waals surface area contributed by atoms with E-state index >= 15 is 0 Å². The van der Waals surface area contributed by atoms with E-state index in [0.717, 1.165) is 9.87 Å². The SMILES string of the molecule is COC(=O)c1cn(C(=O)CN(c2ccccc2C)S(=O)(=O)c2ccc(C)cc2)c2ccccc12. The molecule has 0 saturated heterocycles. The van der Waals surface area contributed by atoms with Gasteiger partial charge in [0.25, 0.3) is 15.9 Å². The number of sulfonamides is 1. The Morgan fingerprint density at radius 1 is 0.912 bits per heavy atom. The Kier molecular flexibility index (Phi) is 6.26. The molecule has 0 unspecified atom stereocenters. The molecule has 8 heteroatoms. The fourth-order valence-corrected chi connectivity index (χ4v) is 5.32. The molecular formula is C26H24N2O5S. The Balaban J connectivity index is 1.82. The number of esters is 1. The van der Waals surface area contributed by atoms with Gasteiger partial charge in [0, 0.05) is 11.6 Å². The summed E-state index contributed by atoms with van der Waals surface area (Å²) in [7, 11) is -2.79.